The van der Waals surface area contributed by atoms with Crippen molar-refractivity contribution in [1.29, 1.82) is 0 Å². The quantitative estimate of drug-likeness (QED) is 0.595. The Labute approximate surface area is 165 Å². The summed E-state index contributed by atoms with van der Waals surface area (Å²) in [6.07, 6.45) is 1.81. The Morgan fingerprint density at radius 1 is 1.00 bits per heavy atom. The second kappa shape index (κ2) is 7.25. The van der Waals surface area contributed by atoms with E-state index in [2.05, 4.69) is 25.8 Å². The van der Waals surface area contributed by atoms with Crippen molar-refractivity contribution in [3.8, 4) is 0 Å². The maximum Gasteiger partial charge on any atom is 0.253 e. The molecule has 0 atom stereocenters. The van der Waals surface area contributed by atoms with Crippen molar-refractivity contribution in [2.75, 3.05) is 31.1 Å². The fourth-order valence-electron chi connectivity index (χ4n) is 3.31. The van der Waals surface area contributed by atoms with Gasteiger partial charge in [-0.25, -0.2) is 0 Å². The summed E-state index contributed by atoms with van der Waals surface area (Å²) in [6, 6.07) is 15.3. The fourth-order valence-corrected chi connectivity index (χ4v) is 3.74. The van der Waals surface area contributed by atoms with Crippen LogP contribution in [0.3, 0.4) is 0 Å². The Kier molecular flexibility index (Phi) is 4.83. The zero-order valence-electron chi connectivity index (χ0n) is 14.0. The van der Waals surface area contributed by atoms with E-state index in [1.807, 2.05) is 59.6 Å². The maximum absolute atomic E-state index is 12.7. The van der Waals surface area contributed by atoms with E-state index in [1.54, 1.807) is 0 Å². The Hall–Kier alpha value is -2.11. The van der Waals surface area contributed by atoms with Crippen LogP contribution in [-0.2, 0) is 0 Å². The highest BCUT2D eigenvalue weighted by atomic mass is 79.9. The molecule has 4 nitrogen and oxygen atoms in total. The number of anilines is 1. The van der Waals surface area contributed by atoms with Gasteiger partial charge in [0.25, 0.3) is 5.91 Å². The molecule has 0 radical (unpaired) electrons. The summed E-state index contributed by atoms with van der Waals surface area (Å²) in [6.45, 7) is 2.99. The smallest absolute Gasteiger partial charge is 0.253 e. The minimum absolute atomic E-state index is 0.0866. The van der Waals surface area contributed by atoms with Gasteiger partial charge in [0.1, 0.15) is 0 Å². The zero-order valence-corrected chi connectivity index (χ0v) is 16.4. The summed E-state index contributed by atoms with van der Waals surface area (Å²) in [5, 5.41) is 1.77. The van der Waals surface area contributed by atoms with Crippen molar-refractivity contribution in [2.24, 2.45) is 0 Å². The van der Waals surface area contributed by atoms with E-state index < -0.39 is 0 Å². The van der Waals surface area contributed by atoms with Crippen molar-refractivity contribution in [1.82, 2.24) is 9.88 Å². The predicted octanol–water partition coefficient (Wildman–Crippen LogP) is 4.61. The van der Waals surface area contributed by atoms with Crippen molar-refractivity contribution in [3.05, 3.63) is 69.8 Å². The van der Waals surface area contributed by atoms with Crippen LogP contribution in [-0.4, -0.2) is 42.0 Å². The molecule has 4 rings (SSSR count). The van der Waals surface area contributed by atoms with Gasteiger partial charge in [-0.2, -0.15) is 0 Å². The van der Waals surface area contributed by atoms with E-state index in [0.717, 1.165) is 39.7 Å². The highest BCUT2D eigenvalue weighted by Gasteiger charge is 2.23. The second-order valence-corrected chi connectivity index (χ2v) is 7.63. The summed E-state index contributed by atoms with van der Waals surface area (Å²) in [7, 11) is 0. The third kappa shape index (κ3) is 3.41. The SMILES string of the molecule is O=C(c1ccc(Br)cc1)N1CCN(c2ccnc3cc(Cl)ccc23)CC1. The molecule has 6 heteroatoms. The first kappa shape index (κ1) is 17.3. The van der Waals surface area contributed by atoms with E-state index in [9.17, 15) is 4.79 Å². The molecular weight excluding hydrogens is 414 g/mol. The lowest BCUT2D eigenvalue weighted by molar-refractivity contribution is 0.0747. The van der Waals surface area contributed by atoms with Gasteiger partial charge < -0.3 is 9.80 Å². The van der Waals surface area contributed by atoms with Gasteiger partial charge in [-0.05, 0) is 48.5 Å². The molecule has 1 aliphatic heterocycles. The third-order valence-corrected chi connectivity index (χ3v) is 5.44. The predicted molar refractivity (Wildman–Crippen MR) is 109 cm³/mol. The highest BCUT2D eigenvalue weighted by Crippen LogP contribution is 2.28. The number of carbonyl (C=O) groups excluding carboxylic acids is 1. The van der Waals surface area contributed by atoms with Gasteiger partial charge in [-0.1, -0.05) is 27.5 Å². The van der Waals surface area contributed by atoms with Crippen LogP contribution in [0.5, 0.6) is 0 Å². The molecule has 1 amide bonds. The summed E-state index contributed by atoms with van der Waals surface area (Å²) < 4.78 is 0.975. The van der Waals surface area contributed by atoms with Crippen molar-refractivity contribution >= 4 is 50.0 Å². The van der Waals surface area contributed by atoms with Crippen molar-refractivity contribution in [2.45, 2.75) is 0 Å². The van der Waals surface area contributed by atoms with Gasteiger partial charge in [0.15, 0.2) is 0 Å². The van der Waals surface area contributed by atoms with Gasteiger partial charge in [-0.15, -0.1) is 0 Å². The van der Waals surface area contributed by atoms with Gasteiger partial charge >= 0.3 is 0 Å². The molecular formula is C20H17BrClN3O. The molecule has 0 spiro atoms. The number of halogens is 2. The summed E-state index contributed by atoms with van der Waals surface area (Å²) >= 11 is 9.48. The van der Waals surface area contributed by atoms with E-state index in [4.69, 9.17) is 11.6 Å². The molecule has 0 aliphatic carbocycles. The standard InChI is InChI=1S/C20H17BrClN3O/c21-15-3-1-14(2-4-15)20(26)25-11-9-24(10-12-25)19-7-8-23-18-13-16(22)5-6-17(18)19/h1-8,13H,9-12H2. The number of benzene rings is 2. The third-order valence-electron chi connectivity index (χ3n) is 4.68. The highest BCUT2D eigenvalue weighted by molar-refractivity contribution is 9.10. The lowest BCUT2D eigenvalue weighted by Crippen LogP contribution is -2.48. The summed E-state index contributed by atoms with van der Waals surface area (Å²) in [4.78, 5) is 21.3. The summed E-state index contributed by atoms with van der Waals surface area (Å²) in [5.41, 5.74) is 2.76. The van der Waals surface area contributed by atoms with Gasteiger partial charge in [0.2, 0.25) is 0 Å². The van der Waals surface area contributed by atoms with Crippen molar-refractivity contribution < 1.29 is 4.79 Å². The molecule has 1 saturated heterocycles. The minimum Gasteiger partial charge on any atom is -0.367 e. The maximum atomic E-state index is 12.7. The van der Waals surface area contributed by atoms with Crippen LogP contribution < -0.4 is 4.90 Å². The molecule has 1 aliphatic rings. The van der Waals surface area contributed by atoms with Crippen LogP contribution >= 0.6 is 27.5 Å². The molecule has 1 aromatic heterocycles. The van der Waals surface area contributed by atoms with E-state index in [1.165, 1.54) is 0 Å². The van der Waals surface area contributed by atoms with E-state index in [-0.39, 0.29) is 5.91 Å². The number of nitrogens with zero attached hydrogens (tertiary/aromatic N) is 3. The topological polar surface area (TPSA) is 36.4 Å². The largest absolute Gasteiger partial charge is 0.367 e. The molecule has 26 heavy (non-hydrogen) atoms. The first-order valence-electron chi connectivity index (χ1n) is 8.46. The monoisotopic (exact) mass is 429 g/mol. The van der Waals surface area contributed by atoms with Crippen LogP contribution in [0.2, 0.25) is 5.02 Å². The average molecular weight is 431 g/mol. The number of hydrogen-bond acceptors (Lipinski definition) is 3. The number of amides is 1. The van der Waals surface area contributed by atoms with Gasteiger partial charge in [0.05, 0.1) is 5.52 Å². The molecule has 132 valence electrons. The molecule has 0 bridgehead atoms. The number of rotatable bonds is 2. The van der Waals surface area contributed by atoms with Crippen LogP contribution in [0.25, 0.3) is 10.9 Å². The lowest BCUT2D eigenvalue weighted by atomic mass is 10.1. The van der Waals surface area contributed by atoms with E-state index in [0.29, 0.717) is 18.1 Å². The Balaban J connectivity index is 1.50. The number of piperazine rings is 1. The normalized spacial score (nSPS) is 14.7. The molecule has 2 aromatic carbocycles. The van der Waals surface area contributed by atoms with Gasteiger partial charge in [0, 0.05) is 58.5 Å². The average Bonchev–Trinajstić information content (AvgIpc) is 2.67. The van der Waals surface area contributed by atoms with Crippen molar-refractivity contribution in [3.63, 3.8) is 0 Å². The number of hydrogen-bond donors (Lipinski definition) is 0. The van der Waals surface area contributed by atoms with Crippen LogP contribution in [0, 0.1) is 0 Å². The number of carbonyl (C=O) groups is 1. The minimum atomic E-state index is 0.0866. The Morgan fingerprint density at radius 3 is 2.46 bits per heavy atom. The molecule has 2 heterocycles. The van der Waals surface area contributed by atoms with Crippen LogP contribution in [0.4, 0.5) is 5.69 Å². The lowest BCUT2D eigenvalue weighted by Gasteiger charge is -2.36. The zero-order chi connectivity index (χ0) is 18.1. The van der Waals surface area contributed by atoms with Crippen LogP contribution in [0.1, 0.15) is 10.4 Å². The van der Waals surface area contributed by atoms with E-state index >= 15 is 0 Å². The number of fused-ring (bicyclic) bond motifs is 1. The number of pyridine rings is 1. The first-order chi connectivity index (χ1) is 12.6. The molecule has 0 saturated carbocycles. The summed E-state index contributed by atoms with van der Waals surface area (Å²) in [5.74, 6) is 0.0866. The van der Waals surface area contributed by atoms with Gasteiger partial charge in [-0.3, -0.25) is 9.78 Å². The fraction of sp³-hybridized carbons (Fsp3) is 0.200. The number of aromatic nitrogens is 1. The molecule has 0 unspecified atom stereocenters. The Morgan fingerprint density at radius 2 is 1.73 bits per heavy atom. The first-order valence-corrected chi connectivity index (χ1v) is 9.63. The van der Waals surface area contributed by atoms with Crippen LogP contribution in [0.15, 0.2) is 59.2 Å². The molecule has 3 aromatic rings. The molecule has 1 fully saturated rings. The Bertz CT molecular complexity index is 953. The molecule has 0 N–H and O–H groups in total. The second-order valence-electron chi connectivity index (χ2n) is 6.28.